The van der Waals surface area contributed by atoms with Crippen LogP contribution in [0.1, 0.15) is 45.2 Å². The van der Waals surface area contributed by atoms with E-state index in [1.54, 1.807) is 0 Å². The van der Waals surface area contributed by atoms with Gasteiger partial charge in [-0.05, 0) is 44.0 Å². The molecule has 20 heavy (non-hydrogen) atoms. The smallest absolute Gasteiger partial charge is 0.317 e. The first-order valence-electron chi connectivity index (χ1n) is 7.27. The van der Waals surface area contributed by atoms with Crippen molar-refractivity contribution in [3.63, 3.8) is 0 Å². The van der Waals surface area contributed by atoms with Gasteiger partial charge in [0.05, 0.1) is 13.2 Å². The van der Waals surface area contributed by atoms with Crippen LogP contribution in [-0.4, -0.2) is 35.7 Å². The van der Waals surface area contributed by atoms with Gasteiger partial charge in [-0.1, -0.05) is 26.0 Å². The summed E-state index contributed by atoms with van der Waals surface area (Å²) in [5.41, 5.74) is 1.11. The molecule has 1 aromatic rings. The van der Waals surface area contributed by atoms with Crippen molar-refractivity contribution in [2.45, 2.75) is 39.7 Å². The lowest BCUT2D eigenvalue weighted by molar-refractivity contribution is -0.138. The summed E-state index contributed by atoms with van der Waals surface area (Å²) in [7, 11) is 0. The van der Waals surface area contributed by atoms with Crippen LogP contribution in [0.25, 0.3) is 0 Å². The number of hydrogen-bond donors (Lipinski definition) is 1. The quantitative estimate of drug-likeness (QED) is 0.753. The number of hydrogen-bond acceptors (Lipinski definition) is 3. The Labute approximate surface area is 121 Å². The van der Waals surface area contributed by atoms with E-state index >= 15 is 0 Å². The number of carboxylic acids is 1. The molecule has 1 aromatic carbocycles. The first-order chi connectivity index (χ1) is 9.58. The molecule has 4 heteroatoms. The van der Waals surface area contributed by atoms with Crippen molar-refractivity contribution in [3.05, 3.63) is 29.8 Å². The standard InChI is InChI=1S/C16H25NO3/c1-4-10-17(12-16(18)19)13(3)14-6-8-15(9-7-14)20-11-5-2/h6-9,13H,4-5,10-12H2,1-3H3,(H,18,19). The normalized spacial score (nSPS) is 12.4. The Morgan fingerprint density at radius 1 is 1.25 bits per heavy atom. The minimum absolute atomic E-state index is 0.0725. The molecule has 0 aliphatic carbocycles. The zero-order valence-electron chi connectivity index (χ0n) is 12.6. The molecule has 0 heterocycles. The van der Waals surface area contributed by atoms with Crippen LogP contribution in [0.2, 0.25) is 0 Å². The Balaban J connectivity index is 2.72. The van der Waals surface area contributed by atoms with Crippen molar-refractivity contribution in [2.75, 3.05) is 19.7 Å². The molecule has 112 valence electrons. The van der Waals surface area contributed by atoms with Crippen molar-refractivity contribution in [1.82, 2.24) is 4.90 Å². The summed E-state index contributed by atoms with van der Waals surface area (Å²) in [4.78, 5) is 12.9. The molecule has 0 aliphatic rings. The van der Waals surface area contributed by atoms with E-state index in [-0.39, 0.29) is 12.6 Å². The zero-order chi connectivity index (χ0) is 15.0. The van der Waals surface area contributed by atoms with E-state index in [4.69, 9.17) is 9.84 Å². The Hall–Kier alpha value is -1.55. The highest BCUT2D eigenvalue weighted by molar-refractivity contribution is 5.69. The molecule has 0 aliphatic heterocycles. The second-order valence-electron chi connectivity index (χ2n) is 4.96. The Morgan fingerprint density at radius 3 is 2.40 bits per heavy atom. The third-order valence-electron chi connectivity index (χ3n) is 3.23. The molecule has 1 rings (SSSR count). The number of benzene rings is 1. The topological polar surface area (TPSA) is 49.8 Å². The predicted molar refractivity (Wildman–Crippen MR) is 80.1 cm³/mol. The fourth-order valence-electron chi connectivity index (χ4n) is 2.14. The lowest BCUT2D eigenvalue weighted by atomic mass is 10.1. The molecule has 1 unspecified atom stereocenters. The minimum atomic E-state index is -0.784. The zero-order valence-corrected chi connectivity index (χ0v) is 12.6. The number of rotatable bonds is 9. The molecule has 0 aromatic heterocycles. The summed E-state index contributed by atoms with van der Waals surface area (Å²) in [5, 5.41) is 8.99. The molecule has 0 radical (unpaired) electrons. The van der Waals surface area contributed by atoms with Crippen LogP contribution in [0.15, 0.2) is 24.3 Å². The maximum absolute atomic E-state index is 10.9. The van der Waals surface area contributed by atoms with E-state index in [9.17, 15) is 4.79 Å². The van der Waals surface area contributed by atoms with Crippen LogP contribution >= 0.6 is 0 Å². The second-order valence-corrected chi connectivity index (χ2v) is 4.96. The van der Waals surface area contributed by atoms with Crippen LogP contribution in [0, 0.1) is 0 Å². The summed E-state index contributed by atoms with van der Waals surface area (Å²) in [5.74, 6) is 0.0799. The van der Waals surface area contributed by atoms with Gasteiger partial charge in [0.2, 0.25) is 0 Å². The molecular weight excluding hydrogens is 254 g/mol. The molecular formula is C16H25NO3. The summed E-state index contributed by atoms with van der Waals surface area (Å²) >= 11 is 0. The van der Waals surface area contributed by atoms with Crippen LogP contribution in [0.3, 0.4) is 0 Å². The largest absolute Gasteiger partial charge is 0.494 e. The van der Waals surface area contributed by atoms with E-state index < -0.39 is 5.97 Å². The average Bonchev–Trinajstić information content (AvgIpc) is 2.44. The maximum atomic E-state index is 10.9. The lowest BCUT2D eigenvalue weighted by Gasteiger charge is -2.27. The number of nitrogens with zero attached hydrogens (tertiary/aromatic N) is 1. The highest BCUT2D eigenvalue weighted by Crippen LogP contribution is 2.23. The Bertz CT molecular complexity index is 403. The Kier molecular flexibility index (Phi) is 7.09. The molecule has 0 saturated carbocycles. The third kappa shape index (κ3) is 5.21. The summed E-state index contributed by atoms with van der Waals surface area (Å²) < 4.78 is 5.55. The van der Waals surface area contributed by atoms with Crippen LogP contribution in [0.4, 0.5) is 0 Å². The first-order valence-corrected chi connectivity index (χ1v) is 7.27. The average molecular weight is 279 g/mol. The van der Waals surface area contributed by atoms with Gasteiger partial charge in [0.15, 0.2) is 0 Å². The van der Waals surface area contributed by atoms with Crippen molar-refractivity contribution >= 4 is 5.97 Å². The van der Waals surface area contributed by atoms with Crippen molar-refractivity contribution in [2.24, 2.45) is 0 Å². The third-order valence-corrected chi connectivity index (χ3v) is 3.23. The van der Waals surface area contributed by atoms with Gasteiger partial charge in [0, 0.05) is 6.04 Å². The second kappa shape index (κ2) is 8.59. The van der Waals surface area contributed by atoms with E-state index in [2.05, 4.69) is 13.8 Å². The highest BCUT2D eigenvalue weighted by Gasteiger charge is 2.17. The van der Waals surface area contributed by atoms with Crippen LogP contribution < -0.4 is 4.74 Å². The molecule has 0 saturated heterocycles. The van der Waals surface area contributed by atoms with Crippen molar-refractivity contribution < 1.29 is 14.6 Å². The molecule has 0 fully saturated rings. The SMILES string of the molecule is CCCOc1ccc(C(C)N(CCC)CC(=O)O)cc1. The van der Waals surface area contributed by atoms with Gasteiger partial charge in [-0.2, -0.15) is 0 Å². The van der Waals surface area contributed by atoms with Crippen molar-refractivity contribution in [3.8, 4) is 5.75 Å². The molecule has 0 amide bonds. The molecule has 0 spiro atoms. The van der Waals surface area contributed by atoms with Crippen LogP contribution in [-0.2, 0) is 4.79 Å². The van der Waals surface area contributed by atoms with E-state index in [1.807, 2.05) is 36.1 Å². The molecule has 1 atom stereocenters. The lowest BCUT2D eigenvalue weighted by Crippen LogP contribution is -2.33. The van der Waals surface area contributed by atoms with Gasteiger partial charge in [0.1, 0.15) is 5.75 Å². The molecule has 1 N–H and O–H groups in total. The van der Waals surface area contributed by atoms with Gasteiger partial charge in [0.25, 0.3) is 0 Å². The predicted octanol–water partition coefficient (Wildman–Crippen LogP) is 3.33. The van der Waals surface area contributed by atoms with Crippen molar-refractivity contribution in [1.29, 1.82) is 0 Å². The monoisotopic (exact) mass is 279 g/mol. The van der Waals surface area contributed by atoms with Gasteiger partial charge >= 0.3 is 5.97 Å². The van der Waals surface area contributed by atoms with Gasteiger partial charge in [-0.25, -0.2) is 0 Å². The van der Waals surface area contributed by atoms with Gasteiger partial charge in [-0.15, -0.1) is 0 Å². The minimum Gasteiger partial charge on any atom is -0.494 e. The maximum Gasteiger partial charge on any atom is 0.317 e. The van der Waals surface area contributed by atoms with E-state index in [0.717, 1.165) is 37.3 Å². The summed E-state index contributed by atoms with van der Waals surface area (Å²) in [6, 6.07) is 8.02. The summed E-state index contributed by atoms with van der Waals surface area (Å²) in [6.07, 6.45) is 1.93. The fraction of sp³-hybridized carbons (Fsp3) is 0.562. The number of carboxylic acid groups (broad SMARTS) is 1. The molecule has 0 bridgehead atoms. The van der Waals surface area contributed by atoms with Crippen LogP contribution in [0.5, 0.6) is 5.75 Å². The van der Waals surface area contributed by atoms with Gasteiger partial charge in [-0.3, -0.25) is 9.69 Å². The number of carbonyl (C=O) groups is 1. The molecule has 4 nitrogen and oxygen atoms in total. The summed E-state index contributed by atoms with van der Waals surface area (Å²) in [6.45, 7) is 7.75. The Morgan fingerprint density at radius 2 is 1.90 bits per heavy atom. The fourth-order valence-corrected chi connectivity index (χ4v) is 2.14. The first kappa shape index (κ1) is 16.5. The number of aliphatic carboxylic acids is 1. The van der Waals surface area contributed by atoms with E-state index in [0.29, 0.717) is 0 Å². The highest BCUT2D eigenvalue weighted by atomic mass is 16.5. The van der Waals surface area contributed by atoms with E-state index in [1.165, 1.54) is 0 Å². The van der Waals surface area contributed by atoms with Gasteiger partial charge < -0.3 is 9.84 Å². The number of ether oxygens (including phenoxy) is 1.